The molecule has 0 fully saturated rings. The molecule has 0 spiro atoms. The van der Waals surface area contributed by atoms with E-state index >= 15 is 0 Å². The molecule has 1 atom stereocenters. The standard InChI is InChI=1S/C21H17NO5S/c1-14-6-8-16(9-7-14)22(17-10-11-28(25,26)13-17)20(23)18-12-15-4-2-3-5-19(15)27-21(18)24/h2-12,17H,13H2,1H3/t17-/m0/s1. The van der Waals surface area contributed by atoms with Crippen molar-refractivity contribution in [2.24, 2.45) is 0 Å². The van der Waals surface area contributed by atoms with Crippen LogP contribution < -0.4 is 10.5 Å². The van der Waals surface area contributed by atoms with E-state index in [2.05, 4.69) is 0 Å². The number of amides is 1. The third-order valence-electron chi connectivity index (χ3n) is 4.65. The molecule has 142 valence electrons. The lowest BCUT2D eigenvalue weighted by Crippen LogP contribution is -2.42. The average molecular weight is 395 g/mol. The SMILES string of the molecule is Cc1ccc(N(C(=O)c2cc3ccccc3oc2=O)[C@H]2C=CS(=O)(=O)C2)cc1. The monoisotopic (exact) mass is 395 g/mol. The molecule has 0 saturated heterocycles. The molecular weight excluding hydrogens is 378 g/mol. The van der Waals surface area contributed by atoms with Gasteiger partial charge in [0.15, 0.2) is 9.84 Å². The summed E-state index contributed by atoms with van der Waals surface area (Å²) >= 11 is 0. The van der Waals surface area contributed by atoms with Crippen LogP contribution in [-0.2, 0) is 9.84 Å². The summed E-state index contributed by atoms with van der Waals surface area (Å²) in [6, 6.07) is 14.8. The van der Waals surface area contributed by atoms with Crippen molar-refractivity contribution in [2.45, 2.75) is 13.0 Å². The predicted molar refractivity (Wildman–Crippen MR) is 107 cm³/mol. The molecular formula is C21H17NO5S. The van der Waals surface area contributed by atoms with Crippen LogP contribution in [0.4, 0.5) is 5.69 Å². The normalized spacial score (nSPS) is 17.7. The van der Waals surface area contributed by atoms with Crippen LogP contribution in [0.3, 0.4) is 0 Å². The van der Waals surface area contributed by atoms with E-state index in [1.54, 1.807) is 36.4 Å². The lowest BCUT2D eigenvalue weighted by atomic mass is 10.1. The largest absolute Gasteiger partial charge is 0.422 e. The summed E-state index contributed by atoms with van der Waals surface area (Å²) in [5.74, 6) is -0.832. The first-order chi connectivity index (χ1) is 13.3. The van der Waals surface area contributed by atoms with Crippen molar-refractivity contribution in [1.82, 2.24) is 0 Å². The Morgan fingerprint density at radius 3 is 2.50 bits per heavy atom. The number of anilines is 1. The zero-order valence-electron chi connectivity index (χ0n) is 15.0. The van der Waals surface area contributed by atoms with Crippen molar-refractivity contribution >= 4 is 32.4 Å². The zero-order valence-corrected chi connectivity index (χ0v) is 15.8. The van der Waals surface area contributed by atoms with Crippen molar-refractivity contribution in [2.75, 3.05) is 10.7 Å². The van der Waals surface area contributed by atoms with Gasteiger partial charge in [0.25, 0.3) is 5.91 Å². The Kier molecular flexibility index (Phi) is 4.39. The minimum Gasteiger partial charge on any atom is -0.422 e. The molecule has 2 heterocycles. The summed E-state index contributed by atoms with van der Waals surface area (Å²) in [6.45, 7) is 1.91. The van der Waals surface area contributed by atoms with Crippen LogP contribution in [0.2, 0.25) is 0 Å². The predicted octanol–water partition coefficient (Wildman–Crippen LogP) is 3.06. The molecule has 0 unspecified atom stereocenters. The van der Waals surface area contributed by atoms with Gasteiger partial charge in [0.1, 0.15) is 11.1 Å². The second-order valence-corrected chi connectivity index (χ2v) is 8.65. The van der Waals surface area contributed by atoms with Crippen molar-refractivity contribution in [3.05, 3.63) is 87.6 Å². The number of sulfone groups is 1. The Labute approximate surface area is 161 Å². The molecule has 0 aliphatic carbocycles. The molecule has 1 amide bonds. The van der Waals surface area contributed by atoms with Crippen molar-refractivity contribution < 1.29 is 17.6 Å². The maximum Gasteiger partial charge on any atom is 0.349 e. The van der Waals surface area contributed by atoms with Gasteiger partial charge in [-0.1, -0.05) is 35.9 Å². The van der Waals surface area contributed by atoms with Gasteiger partial charge in [0.05, 0.1) is 11.8 Å². The molecule has 2 aromatic carbocycles. The third-order valence-corrected chi connectivity index (χ3v) is 6.02. The Hall–Kier alpha value is -3.19. The van der Waals surface area contributed by atoms with Crippen LogP contribution in [0.15, 0.2) is 75.3 Å². The van der Waals surface area contributed by atoms with E-state index in [1.807, 2.05) is 19.1 Å². The Morgan fingerprint density at radius 1 is 1.11 bits per heavy atom. The van der Waals surface area contributed by atoms with Crippen LogP contribution in [0.5, 0.6) is 0 Å². The number of hydrogen-bond donors (Lipinski definition) is 0. The summed E-state index contributed by atoms with van der Waals surface area (Å²) in [6.07, 6.45) is 1.47. The van der Waals surface area contributed by atoms with E-state index in [0.29, 0.717) is 16.7 Å². The highest BCUT2D eigenvalue weighted by atomic mass is 32.2. The number of benzene rings is 2. The Bertz CT molecular complexity index is 1260. The smallest absolute Gasteiger partial charge is 0.349 e. The van der Waals surface area contributed by atoms with Crippen molar-refractivity contribution in [1.29, 1.82) is 0 Å². The van der Waals surface area contributed by atoms with Gasteiger partial charge in [0.2, 0.25) is 0 Å². The molecule has 3 aromatic rings. The van der Waals surface area contributed by atoms with E-state index in [9.17, 15) is 18.0 Å². The van der Waals surface area contributed by atoms with Gasteiger partial charge >= 0.3 is 5.63 Å². The number of nitrogens with zero attached hydrogens (tertiary/aromatic N) is 1. The van der Waals surface area contributed by atoms with Gasteiger partial charge in [-0.2, -0.15) is 0 Å². The minimum absolute atomic E-state index is 0.142. The maximum atomic E-state index is 13.3. The van der Waals surface area contributed by atoms with Crippen molar-refractivity contribution in [3.8, 4) is 0 Å². The first-order valence-corrected chi connectivity index (χ1v) is 10.4. The number of aryl methyl sites for hydroxylation is 1. The van der Waals surface area contributed by atoms with Crippen LogP contribution >= 0.6 is 0 Å². The maximum absolute atomic E-state index is 13.3. The van der Waals surface area contributed by atoms with E-state index in [0.717, 1.165) is 11.0 Å². The van der Waals surface area contributed by atoms with Gasteiger partial charge < -0.3 is 9.32 Å². The molecule has 6 nitrogen and oxygen atoms in total. The molecule has 28 heavy (non-hydrogen) atoms. The molecule has 0 radical (unpaired) electrons. The third kappa shape index (κ3) is 3.36. The van der Waals surface area contributed by atoms with Crippen LogP contribution in [-0.4, -0.2) is 26.1 Å². The zero-order chi connectivity index (χ0) is 19.9. The lowest BCUT2D eigenvalue weighted by Gasteiger charge is -2.27. The van der Waals surface area contributed by atoms with E-state index < -0.39 is 27.4 Å². The van der Waals surface area contributed by atoms with Gasteiger partial charge in [-0.25, -0.2) is 13.2 Å². The fourth-order valence-electron chi connectivity index (χ4n) is 3.23. The second kappa shape index (κ2) is 6.76. The summed E-state index contributed by atoms with van der Waals surface area (Å²) in [7, 11) is -3.39. The van der Waals surface area contributed by atoms with Gasteiger partial charge in [-0.3, -0.25) is 4.79 Å². The highest BCUT2D eigenvalue weighted by molar-refractivity contribution is 7.94. The summed E-state index contributed by atoms with van der Waals surface area (Å²) < 4.78 is 29.1. The topological polar surface area (TPSA) is 84.7 Å². The molecule has 1 aliphatic rings. The van der Waals surface area contributed by atoms with Crippen molar-refractivity contribution in [3.63, 3.8) is 0 Å². The highest BCUT2D eigenvalue weighted by Crippen LogP contribution is 2.25. The number of hydrogen-bond acceptors (Lipinski definition) is 5. The summed E-state index contributed by atoms with van der Waals surface area (Å²) in [5, 5.41) is 1.72. The quantitative estimate of drug-likeness (QED) is 0.637. The number of carbonyl (C=O) groups is 1. The minimum atomic E-state index is -3.39. The Morgan fingerprint density at radius 2 is 1.82 bits per heavy atom. The van der Waals surface area contributed by atoms with Crippen LogP contribution in [0, 0.1) is 6.92 Å². The Balaban J connectivity index is 1.83. The number of fused-ring (bicyclic) bond motifs is 1. The molecule has 4 rings (SSSR count). The molecule has 7 heteroatoms. The molecule has 1 aliphatic heterocycles. The van der Waals surface area contributed by atoms with Gasteiger partial charge in [-0.05, 0) is 37.3 Å². The fraction of sp³-hybridized carbons (Fsp3) is 0.143. The molecule has 0 N–H and O–H groups in total. The van der Waals surface area contributed by atoms with E-state index in [1.165, 1.54) is 17.0 Å². The van der Waals surface area contributed by atoms with E-state index in [-0.39, 0.29) is 11.3 Å². The van der Waals surface area contributed by atoms with Gasteiger partial charge in [-0.15, -0.1) is 0 Å². The summed E-state index contributed by atoms with van der Waals surface area (Å²) in [4.78, 5) is 27.1. The van der Waals surface area contributed by atoms with E-state index in [4.69, 9.17) is 4.42 Å². The molecule has 1 aromatic heterocycles. The molecule has 0 saturated carbocycles. The van der Waals surface area contributed by atoms with Crippen LogP contribution in [0.25, 0.3) is 11.0 Å². The average Bonchev–Trinajstić information content (AvgIpc) is 3.02. The lowest BCUT2D eigenvalue weighted by molar-refractivity contribution is 0.0979. The first-order valence-electron chi connectivity index (χ1n) is 8.68. The second-order valence-electron chi connectivity index (χ2n) is 6.72. The fourth-order valence-corrected chi connectivity index (χ4v) is 4.49. The molecule has 0 bridgehead atoms. The number of carbonyl (C=O) groups excluding carboxylic acids is 1. The van der Waals surface area contributed by atoms with Gasteiger partial charge in [0, 0.05) is 16.5 Å². The highest BCUT2D eigenvalue weighted by Gasteiger charge is 2.33. The van der Waals surface area contributed by atoms with Crippen LogP contribution in [0.1, 0.15) is 15.9 Å². The summed E-state index contributed by atoms with van der Waals surface area (Å²) in [5.41, 5.74) is 0.989. The number of para-hydroxylation sites is 1. The number of rotatable bonds is 3. The first kappa shape index (κ1) is 18.2.